The summed E-state index contributed by atoms with van der Waals surface area (Å²) in [5.74, 6) is 0.0146. The van der Waals surface area contributed by atoms with E-state index in [-0.39, 0.29) is 24.6 Å². The van der Waals surface area contributed by atoms with Gasteiger partial charge in [0.2, 0.25) is 5.91 Å². The third-order valence-electron chi connectivity index (χ3n) is 2.63. The van der Waals surface area contributed by atoms with Gasteiger partial charge in [0.15, 0.2) is 0 Å². The van der Waals surface area contributed by atoms with Crippen molar-refractivity contribution in [3.05, 3.63) is 57.3 Å². The molecule has 106 valence electrons. The number of carbonyl (C=O) groups is 1. The van der Waals surface area contributed by atoms with Crippen LogP contribution in [0.4, 0.5) is 0 Å². The average Bonchev–Trinajstić information content (AvgIpc) is 2.94. The zero-order valence-electron chi connectivity index (χ0n) is 10.5. The first kappa shape index (κ1) is 14.5. The van der Waals surface area contributed by atoms with E-state index in [4.69, 9.17) is 4.42 Å². The fourth-order valence-corrected chi connectivity index (χ4v) is 2.01. The highest BCUT2D eigenvalue weighted by molar-refractivity contribution is 9.10. The lowest BCUT2D eigenvalue weighted by atomic mass is 10.3. The Balaban J connectivity index is 1.90. The molecule has 0 bridgehead atoms. The molecule has 0 saturated carbocycles. The minimum absolute atomic E-state index is 0.0229. The van der Waals surface area contributed by atoms with Gasteiger partial charge in [-0.25, -0.2) is 0 Å². The lowest BCUT2D eigenvalue weighted by Crippen LogP contribution is -2.34. The molecule has 20 heavy (non-hydrogen) atoms. The Bertz CT molecular complexity index is 636. The normalized spacial score (nSPS) is 12.1. The van der Waals surface area contributed by atoms with Crippen LogP contribution >= 0.6 is 15.9 Å². The Morgan fingerprint density at radius 1 is 1.45 bits per heavy atom. The van der Waals surface area contributed by atoms with Crippen LogP contribution in [0, 0.1) is 0 Å². The Morgan fingerprint density at radius 2 is 2.25 bits per heavy atom. The van der Waals surface area contributed by atoms with Gasteiger partial charge in [-0.3, -0.25) is 9.59 Å². The third kappa shape index (κ3) is 3.82. The first-order valence-electron chi connectivity index (χ1n) is 5.90. The van der Waals surface area contributed by atoms with Crippen LogP contribution in [0.3, 0.4) is 0 Å². The maximum Gasteiger partial charge on any atom is 0.251 e. The van der Waals surface area contributed by atoms with E-state index < -0.39 is 6.10 Å². The molecule has 0 aliphatic heterocycles. The summed E-state index contributed by atoms with van der Waals surface area (Å²) >= 11 is 3.23. The highest BCUT2D eigenvalue weighted by Gasteiger charge is 2.12. The molecule has 0 radical (unpaired) electrons. The molecule has 1 atom stereocenters. The summed E-state index contributed by atoms with van der Waals surface area (Å²) in [6.07, 6.45) is 2.07. The number of hydrogen-bond donors (Lipinski definition) is 2. The van der Waals surface area contributed by atoms with E-state index in [1.54, 1.807) is 18.2 Å². The van der Waals surface area contributed by atoms with Gasteiger partial charge in [0.1, 0.15) is 18.4 Å². The lowest BCUT2D eigenvalue weighted by molar-refractivity contribution is -0.122. The molecule has 2 aromatic rings. The molecule has 2 heterocycles. The third-order valence-corrected chi connectivity index (χ3v) is 3.09. The van der Waals surface area contributed by atoms with Crippen LogP contribution < -0.4 is 10.9 Å². The summed E-state index contributed by atoms with van der Waals surface area (Å²) in [5, 5.41) is 12.3. The fourth-order valence-electron chi connectivity index (χ4n) is 1.63. The molecule has 1 unspecified atom stereocenters. The predicted octanol–water partition coefficient (Wildman–Crippen LogP) is 1.05. The quantitative estimate of drug-likeness (QED) is 0.852. The second-order valence-corrected chi connectivity index (χ2v) is 5.06. The molecule has 0 spiro atoms. The number of furan rings is 1. The summed E-state index contributed by atoms with van der Waals surface area (Å²) in [6, 6.07) is 6.25. The molecule has 2 N–H and O–H groups in total. The number of aliphatic hydroxyl groups is 1. The van der Waals surface area contributed by atoms with Crippen LogP contribution in [0.1, 0.15) is 11.9 Å². The molecule has 1 amide bonds. The summed E-state index contributed by atoms with van der Waals surface area (Å²) in [7, 11) is 0. The number of rotatable bonds is 5. The van der Waals surface area contributed by atoms with Crippen LogP contribution in [0.5, 0.6) is 0 Å². The maximum atomic E-state index is 11.7. The van der Waals surface area contributed by atoms with Gasteiger partial charge in [0.05, 0.1) is 12.8 Å². The standard InChI is InChI=1S/C13H13BrN2O4/c14-9-3-4-13(19)16(7-9)8-12(18)15-6-10(17)11-2-1-5-20-11/h1-5,7,10,17H,6,8H2,(H,15,18). The first-order chi connectivity index (χ1) is 9.56. The molecule has 0 aliphatic rings. The Hall–Kier alpha value is -1.86. The van der Waals surface area contributed by atoms with Gasteiger partial charge in [0.25, 0.3) is 5.56 Å². The van der Waals surface area contributed by atoms with Crippen LogP contribution in [0.2, 0.25) is 0 Å². The number of aromatic nitrogens is 1. The van der Waals surface area contributed by atoms with Crippen molar-refractivity contribution in [2.45, 2.75) is 12.6 Å². The van der Waals surface area contributed by atoms with E-state index in [1.807, 2.05) is 0 Å². The maximum absolute atomic E-state index is 11.7. The molecule has 2 rings (SSSR count). The fraction of sp³-hybridized carbons (Fsp3) is 0.231. The van der Waals surface area contributed by atoms with E-state index in [2.05, 4.69) is 21.2 Å². The van der Waals surface area contributed by atoms with Crippen molar-refractivity contribution in [2.75, 3.05) is 6.54 Å². The van der Waals surface area contributed by atoms with Crippen molar-refractivity contribution in [3.63, 3.8) is 0 Å². The summed E-state index contributed by atoms with van der Waals surface area (Å²) in [4.78, 5) is 23.3. The Labute approximate surface area is 123 Å². The molecule has 7 heteroatoms. The van der Waals surface area contributed by atoms with Gasteiger partial charge in [-0.15, -0.1) is 0 Å². The second kappa shape index (κ2) is 6.53. The molecular formula is C13H13BrN2O4. The van der Waals surface area contributed by atoms with Crippen molar-refractivity contribution < 1.29 is 14.3 Å². The van der Waals surface area contributed by atoms with Crippen molar-refractivity contribution in [1.29, 1.82) is 0 Å². The van der Waals surface area contributed by atoms with Gasteiger partial charge >= 0.3 is 0 Å². The molecule has 0 aromatic carbocycles. The average molecular weight is 341 g/mol. The van der Waals surface area contributed by atoms with E-state index in [9.17, 15) is 14.7 Å². The molecule has 0 saturated heterocycles. The number of nitrogens with one attached hydrogen (secondary N) is 1. The number of nitrogens with zero attached hydrogens (tertiary/aromatic N) is 1. The Morgan fingerprint density at radius 3 is 2.95 bits per heavy atom. The molecule has 0 aliphatic carbocycles. The van der Waals surface area contributed by atoms with Crippen molar-refractivity contribution in [2.24, 2.45) is 0 Å². The SMILES string of the molecule is O=C(Cn1cc(Br)ccc1=O)NCC(O)c1ccco1. The van der Waals surface area contributed by atoms with Crippen LogP contribution in [-0.4, -0.2) is 22.1 Å². The molecule has 0 fully saturated rings. The number of halogens is 1. The highest BCUT2D eigenvalue weighted by Crippen LogP contribution is 2.11. The largest absolute Gasteiger partial charge is 0.467 e. The van der Waals surface area contributed by atoms with Gasteiger partial charge < -0.3 is 19.4 Å². The van der Waals surface area contributed by atoms with E-state index in [1.165, 1.54) is 23.1 Å². The topological polar surface area (TPSA) is 84.5 Å². The van der Waals surface area contributed by atoms with E-state index in [0.717, 1.165) is 0 Å². The number of hydrogen-bond acceptors (Lipinski definition) is 4. The van der Waals surface area contributed by atoms with Crippen LogP contribution in [0.15, 0.2) is 50.4 Å². The van der Waals surface area contributed by atoms with Crippen LogP contribution in [-0.2, 0) is 11.3 Å². The van der Waals surface area contributed by atoms with E-state index in [0.29, 0.717) is 10.2 Å². The molecule has 6 nitrogen and oxygen atoms in total. The highest BCUT2D eigenvalue weighted by atomic mass is 79.9. The monoisotopic (exact) mass is 340 g/mol. The number of amides is 1. The van der Waals surface area contributed by atoms with Gasteiger partial charge in [-0.05, 0) is 34.1 Å². The number of pyridine rings is 1. The molecule has 2 aromatic heterocycles. The zero-order chi connectivity index (χ0) is 14.5. The second-order valence-electron chi connectivity index (χ2n) is 4.15. The summed E-state index contributed by atoms with van der Waals surface area (Å²) in [6.45, 7) is -0.0851. The minimum atomic E-state index is -0.909. The summed E-state index contributed by atoms with van der Waals surface area (Å²) in [5.41, 5.74) is -0.269. The number of carbonyl (C=O) groups excluding carboxylic acids is 1. The van der Waals surface area contributed by atoms with Gasteiger partial charge in [-0.1, -0.05) is 0 Å². The predicted molar refractivity (Wildman–Crippen MR) is 75.1 cm³/mol. The van der Waals surface area contributed by atoms with E-state index >= 15 is 0 Å². The lowest BCUT2D eigenvalue weighted by Gasteiger charge is -2.10. The smallest absolute Gasteiger partial charge is 0.251 e. The minimum Gasteiger partial charge on any atom is -0.467 e. The van der Waals surface area contributed by atoms with Gasteiger partial charge in [-0.2, -0.15) is 0 Å². The van der Waals surface area contributed by atoms with Crippen molar-refractivity contribution in [3.8, 4) is 0 Å². The zero-order valence-corrected chi connectivity index (χ0v) is 12.0. The first-order valence-corrected chi connectivity index (χ1v) is 6.70. The Kier molecular flexibility index (Phi) is 4.75. The van der Waals surface area contributed by atoms with Gasteiger partial charge in [0, 0.05) is 16.7 Å². The van der Waals surface area contributed by atoms with Crippen LogP contribution in [0.25, 0.3) is 0 Å². The molecular weight excluding hydrogens is 328 g/mol. The number of aliphatic hydroxyl groups excluding tert-OH is 1. The van der Waals surface area contributed by atoms with Crippen molar-refractivity contribution >= 4 is 21.8 Å². The summed E-state index contributed by atoms with van der Waals surface area (Å²) < 4.78 is 7.00. The van der Waals surface area contributed by atoms with Crippen molar-refractivity contribution in [1.82, 2.24) is 9.88 Å².